The van der Waals surface area contributed by atoms with Gasteiger partial charge in [-0.05, 0) is 0 Å². The molecule has 0 spiro atoms. The first-order valence-electron chi connectivity index (χ1n) is 7.07. The summed E-state index contributed by atoms with van der Waals surface area (Å²) >= 11 is 0. The van der Waals surface area contributed by atoms with Gasteiger partial charge in [-0.2, -0.15) is 0 Å². The molecule has 0 aliphatic carbocycles. The molecule has 0 fully saturated rings. The van der Waals surface area contributed by atoms with E-state index in [9.17, 15) is 4.79 Å². The number of rotatable bonds is 5. The maximum absolute atomic E-state index is 11.6. The molecular weight excluding hydrogens is 264 g/mol. The predicted octanol–water partition coefficient (Wildman–Crippen LogP) is 2.06. The third-order valence-corrected chi connectivity index (χ3v) is 2.85. The van der Waals surface area contributed by atoms with Crippen molar-refractivity contribution in [1.29, 1.82) is 0 Å². The van der Waals surface area contributed by atoms with Crippen molar-refractivity contribution >= 4 is 11.7 Å². The molecule has 5 heteroatoms. The number of hydrogen-bond donors (Lipinski definition) is 2. The highest BCUT2D eigenvalue weighted by molar-refractivity contribution is 5.80. The molecule has 0 aliphatic rings. The molecule has 2 N–H and O–H groups in total. The third-order valence-electron chi connectivity index (χ3n) is 2.85. The Morgan fingerprint density at radius 3 is 2.57 bits per heavy atom. The number of carbonyl (C=O) groups is 1. The van der Waals surface area contributed by atoms with Crippen molar-refractivity contribution in [1.82, 2.24) is 15.3 Å². The lowest BCUT2D eigenvalue weighted by atomic mass is 9.91. The molecule has 1 heterocycles. The summed E-state index contributed by atoms with van der Waals surface area (Å²) in [5, 5.41) is 5.63. The summed E-state index contributed by atoms with van der Waals surface area (Å²) in [6.45, 7) is 10.8. The molecule has 0 unspecified atom stereocenters. The Labute approximate surface area is 127 Å². The molecule has 0 bridgehead atoms. The Balaban J connectivity index is 2.89. The first-order chi connectivity index (χ1) is 9.74. The quantitative estimate of drug-likeness (QED) is 0.814. The van der Waals surface area contributed by atoms with Crippen molar-refractivity contribution < 1.29 is 4.79 Å². The summed E-state index contributed by atoms with van der Waals surface area (Å²) < 4.78 is 0. The fourth-order valence-corrected chi connectivity index (χ4v) is 1.58. The summed E-state index contributed by atoms with van der Waals surface area (Å²) in [7, 11) is 0. The van der Waals surface area contributed by atoms with Gasteiger partial charge in [0.05, 0.1) is 18.8 Å². The zero-order valence-corrected chi connectivity index (χ0v) is 13.4. The van der Waals surface area contributed by atoms with Crippen LogP contribution in [0.3, 0.4) is 0 Å². The van der Waals surface area contributed by atoms with Gasteiger partial charge < -0.3 is 10.6 Å². The van der Waals surface area contributed by atoms with Gasteiger partial charge in [-0.1, -0.05) is 40.5 Å². The van der Waals surface area contributed by atoms with Crippen molar-refractivity contribution in [2.75, 3.05) is 18.4 Å². The summed E-state index contributed by atoms with van der Waals surface area (Å²) in [5.74, 6) is 3.87. The number of terminal acetylenes is 1. The van der Waals surface area contributed by atoms with E-state index in [1.165, 1.54) is 0 Å². The van der Waals surface area contributed by atoms with Crippen LogP contribution in [-0.4, -0.2) is 29.0 Å². The second-order valence-electron chi connectivity index (χ2n) is 6.24. The van der Waals surface area contributed by atoms with Crippen LogP contribution in [0.4, 0.5) is 5.82 Å². The highest BCUT2D eigenvalue weighted by Crippen LogP contribution is 2.24. The predicted molar refractivity (Wildman–Crippen MR) is 85.2 cm³/mol. The fourth-order valence-electron chi connectivity index (χ4n) is 1.58. The van der Waals surface area contributed by atoms with E-state index in [2.05, 4.69) is 47.3 Å². The lowest BCUT2D eigenvalue weighted by Crippen LogP contribution is -2.30. The first-order valence-corrected chi connectivity index (χ1v) is 7.07. The first kappa shape index (κ1) is 17.0. The molecule has 0 radical (unpaired) electrons. The van der Waals surface area contributed by atoms with E-state index in [0.29, 0.717) is 5.82 Å². The van der Waals surface area contributed by atoms with E-state index < -0.39 is 0 Å². The lowest BCUT2D eigenvalue weighted by molar-refractivity contribution is -0.119. The normalized spacial score (nSPS) is 11.1. The Kier molecular flexibility index (Phi) is 5.71. The minimum absolute atomic E-state index is 0.0747. The Morgan fingerprint density at radius 1 is 1.38 bits per heavy atom. The van der Waals surface area contributed by atoms with E-state index in [1.54, 1.807) is 0 Å². The third kappa shape index (κ3) is 5.42. The topological polar surface area (TPSA) is 66.9 Å². The average Bonchev–Trinajstić information content (AvgIpc) is 2.41. The number of nitrogens with zero attached hydrogens (tertiary/aromatic N) is 2. The van der Waals surface area contributed by atoms with Crippen molar-refractivity contribution in [2.24, 2.45) is 0 Å². The van der Waals surface area contributed by atoms with Gasteiger partial charge in [0.1, 0.15) is 11.6 Å². The molecule has 1 rings (SSSR count). The van der Waals surface area contributed by atoms with Crippen molar-refractivity contribution in [3.8, 4) is 12.3 Å². The van der Waals surface area contributed by atoms with E-state index in [0.717, 1.165) is 11.5 Å². The van der Waals surface area contributed by atoms with Gasteiger partial charge in [0.25, 0.3) is 0 Å². The Hall–Kier alpha value is -2.09. The molecule has 1 aromatic rings. The van der Waals surface area contributed by atoms with Crippen LogP contribution in [0, 0.1) is 12.3 Å². The Bertz CT molecular complexity index is 538. The van der Waals surface area contributed by atoms with Gasteiger partial charge in [0.2, 0.25) is 5.91 Å². The average molecular weight is 288 g/mol. The zero-order chi connectivity index (χ0) is 16.0. The van der Waals surface area contributed by atoms with Crippen molar-refractivity contribution in [3.63, 3.8) is 0 Å². The van der Waals surface area contributed by atoms with Crippen LogP contribution in [0.1, 0.15) is 52.1 Å². The summed E-state index contributed by atoms with van der Waals surface area (Å²) in [6, 6.07) is 1.89. The van der Waals surface area contributed by atoms with Crippen LogP contribution in [-0.2, 0) is 10.2 Å². The fraction of sp³-hybridized carbons (Fsp3) is 0.562. The second-order valence-corrected chi connectivity index (χ2v) is 6.24. The van der Waals surface area contributed by atoms with E-state index in [4.69, 9.17) is 6.42 Å². The molecular formula is C16H24N4O. The number of carbonyl (C=O) groups excluding carboxylic acids is 1. The monoisotopic (exact) mass is 288 g/mol. The van der Waals surface area contributed by atoms with Crippen molar-refractivity contribution in [2.45, 2.75) is 46.0 Å². The van der Waals surface area contributed by atoms with Crippen LogP contribution in [0.15, 0.2) is 6.07 Å². The van der Waals surface area contributed by atoms with Gasteiger partial charge in [-0.15, -0.1) is 6.42 Å². The Morgan fingerprint density at radius 2 is 2.05 bits per heavy atom. The van der Waals surface area contributed by atoms with Crippen LogP contribution >= 0.6 is 0 Å². The molecule has 0 saturated heterocycles. The summed E-state index contributed by atoms with van der Waals surface area (Å²) in [6.07, 6.45) is 5.10. The van der Waals surface area contributed by atoms with Crippen molar-refractivity contribution in [3.05, 3.63) is 17.6 Å². The second kappa shape index (κ2) is 7.07. The number of nitrogens with one attached hydrogen (secondary N) is 2. The molecule has 114 valence electrons. The molecule has 21 heavy (non-hydrogen) atoms. The van der Waals surface area contributed by atoms with Gasteiger partial charge in [0, 0.05) is 17.4 Å². The van der Waals surface area contributed by atoms with E-state index in [1.807, 2.05) is 19.9 Å². The molecule has 1 amide bonds. The standard InChI is InChI=1S/C16H24N4O/c1-7-8-17-14(21)10-18-13-9-12(16(4,5)6)19-15(20-13)11(2)3/h1,9,11H,8,10H2,2-6H3,(H,17,21)(H,18,19,20). The maximum Gasteiger partial charge on any atom is 0.240 e. The zero-order valence-electron chi connectivity index (χ0n) is 13.4. The molecule has 1 aromatic heterocycles. The highest BCUT2D eigenvalue weighted by atomic mass is 16.1. The summed E-state index contributed by atoms with van der Waals surface area (Å²) in [5.41, 5.74) is 0.877. The number of aromatic nitrogens is 2. The lowest BCUT2D eigenvalue weighted by Gasteiger charge is -2.20. The van der Waals surface area contributed by atoms with Gasteiger partial charge in [-0.3, -0.25) is 4.79 Å². The van der Waals surface area contributed by atoms with Crippen LogP contribution in [0.25, 0.3) is 0 Å². The van der Waals surface area contributed by atoms with E-state index in [-0.39, 0.29) is 30.3 Å². The minimum atomic E-state index is -0.157. The maximum atomic E-state index is 11.6. The van der Waals surface area contributed by atoms with Crippen LogP contribution in [0.5, 0.6) is 0 Å². The minimum Gasteiger partial charge on any atom is -0.361 e. The van der Waals surface area contributed by atoms with Gasteiger partial charge in [-0.25, -0.2) is 9.97 Å². The molecule has 0 saturated carbocycles. The highest BCUT2D eigenvalue weighted by Gasteiger charge is 2.19. The SMILES string of the molecule is C#CCNC(=O)CNc1cc(C(C)(C)C)nc(C(C)C)n1. The smallest absolute Gasteiger partial charge is 0.240 e. The largest absolute Gasteiger partial charge is 0.361 e. The van der Waals surface area contributed by atoms with Gasteiger partial charge in [0.15, 0.2) is 0 Å². The number of amides is 1. The van der Waals surface area contributed by atoms with Gasteiger partial charge >= 0.3 is 0 Å². The molecule has 5 nitrogen and oxygen atoms in total. The number of anilines is 1. The van der Waals surface area contributed by atoms with E-state index >= 15 is 0 Å². The van der Waals surface area contributed by atoms with Crippen LogP contribution < -0.4 is 10.6 Å². The molecule has 0 aromatic carbocycles. The molecule has 0 atom stereocenters. The van der Waals surface area contributed by atoms with Crippen LogP contribution in [0.2, 0.25) is 0 Å². The molecule has 0 aliphatic heterocycles. The summed E-state index contributed by atoms with van der Waals surface area (Å²) in [4.78, 5) is 20.6. The number of hydrogen-bond acceptors (Lipinski definition) is 4.